The number of ether oxygens (including phenoxy) is 1. The molecule has 0 fully saturated rings. The van der Waals surface area contributed by atoms with Crippen LogP contribution in [0.3, 0.4) is 0 Å². The van der Waals surface area contributed by atoms with Crippen molar-refractivity contribution in [2.24, 2.45) is 0 Å². The average Bonchev–Trinajstić information content (AvgIpc) is 2.61. The number of rotatable bonds is 6. The second-order valence-corrected chi connectivity index (χ2v) is 5.67. The van der Waals surface area contributed by atoms with Gasteiger partial charge in [0.1, 0.15) is 5.82 Å². The Morgan fingerprint density at radius 1 is 1.12 bits per heavy atom. The summed E-state index contributed by atoms with van der Waals surface area (Å²) >= 11 is 0. The van der Waals surface area contributed by atoms with E-state index in [1.54, 1.807) is 19.2 Å². The fourth-order valence-electron chi connectivity index (χ4n) is 2.16. The van der Waals surface area contributed by atoms with Gasteiger partial charge in [-0.3, -0.25) is 4.79 Å². The molecule has 2 rings (SSSR count). The van der Waals surface area contributed by atoms with Crippen LogP contribution in [0.5, 0.6) is 0 Å². The zero-order valence-corrected chi connectivity index (χ0v) is 14.2. The molecule has 2 aromatic carbocycles. The van der Waals surface area contributed by atoms with Crippen molar-refractivity contribution in [1.82, 2.24) is 4.90 Å². The van der Waals surface area contributed by atoms with Crippen molar-refractivity contribution < 1.29 is 18.7 Å². The van der Waals surface area contributed by atoms with Crippen molar-refractivity contribution in [3.8, 4) is 0 Å². The molecule has 0 bridgehead atoms. The highest BCUT2D eigenvalue weighted by atomic mass is 19.1. The number of hydrogen-bond acceptors (Lipinski definition) is 3. The lowest BCUT2D eigenvalue weighted by Crippen LogP contribution is -2.30. The van der Waals surface area contributed by atoms with Gasteiger partial charge in [0, 0.05) is 19.7 Å². The molecule has 0 radical (unpaired) electrons. The van der Waals surface area contributed by atoms with Crippen LogP contribution in [0.4, 0.5) is 4.39 Å². The van der Waals surface area contributed by atoms with Crippen molar-refractivity contribution in [3.63, 3.8) is 0 Å². The van der Waals surface area contributed by atoms with Crippen LogP contribution < -0.4 is 0 Å². The van der Waals surface area contributed by atoms with Crippen molar-refractivity contribution in [3.05, 3.63) is 77.1 Å². The van der Waals surface area contributed by atoms with E-state index in [-0.39, 0.29) is 18.3 Å². The number of benzene rings is 2. The summed E-state index contributed by atoms with van der Waals surface area (Å²) in [6.07, 6.45) is 2.71. The largest absolute Gasteiger partial charge is 0.452 e. The van der Waals surface area contributed by atoms with Crippen LogP contribution in [0, 0.1) is 12.7 Å². The molecular formula is C20H20FNO3. The Hall–Kier alpha value is -2.95. The lowest BCUT2D eigenvalue weighted by atomic mass is 10.1. The van der Waals surface area contributed by atoms with Crippen LogP contribution in [0.2, 0.25) is 0 Å². The van der Waals surface area contributed by atoms with E-state index in [0.29, 0.717) is 12.1 Å². The van der Waals surface area contributed by atoms with Crippen LogP contribution in [-0.4, -0.2) is 30.4 Å². The van der Waals surface area contributed by atoms with Crippen LogP contribution in [-0.2, 0) is 20.9 Å². The SMILES string of the molecule is Cc1ccccc1CN(C)C(=O)COC(=O)/C=C/c1ccc(F)cc1. The van der Waals surface area contributed by atoms with E-state index in [2.05, 4.69) is 0 Å². The first-order valence-corrected chi connectivity index (χ1v) is 7.84. The molecule has 25 heavy (non-hydrogen) atoms. The van der Waals surface area contributed by atoms with Gasteiger partial charge in [-0.05, 0) is 41.8 Å². The second-order valence-electron chi connectivity index (χ2n) is 5.67. The van der Waals surface area contributed by atoms with Gasteiger partial charge in [-0.2, -0.15) is 0 Å². The third-order valence-corrected chi connectivity index (χ3v) is 3.71. The van der Waals surface area contributed by atoms with Crippen molar-refractivity contribution >= 4 is 18.0 Å². The smallest absolute Gasteiger partial charge is 0.331 e. The Labute approximate surface area is 146 Å². The molecule has 0 atom stereocenters. The van der Waals surface area contributed by atoms with Crippen molar-refractivity contribution in [2.45, 2.75) is 13.5 Å². The summed E-state index contributed by atoms with van der Waals surface area (Å²) in [6, 6.07) is 13.5. The maximum Gasteiger partial charge on any atom is 0.331 e. The minimum atomic E-state index is -0.623. The number of likely N-dealkylation sites (N-methyl/N-ethyl adjacent to an activating group) is 1. The molecule has 0 aliphatic carbocycles. The molecule has 0 aromatic heterocycles. The lowest BCUT2D eigenvalue weighted by Gasteiger charge is -2.18. The summed E-state index contributed by atoms with van der Waals surface area (Å²) in [7, 11) is 1.66. The molecule has 130 valence electrons. The first-order valence-electron chi connectivity index (χ1n) is 7.84. The fourth-order valence-corrected chi connectivity index (χ4v) is 2.16. The van der Waals surface area contributed by atoms with Gasteiger partial charge in [0.25, 0.3) is 5.91 Å². The average molecular weight is 341 g/mol. The molecule has 5 heteroatoms. The number of carbonyl (C=O) groups excluding carboxylic acids is 2. The topological polar surface area (TPSA) is 46.6 Å². The number of halogens is 1. The Kier molecular flexibility index (Phi) is 6.46. The van der Waals surface area contributed by atoms with E-state index >= 15 is 0 Å². The van der Waals surface area contributed by atoms with Gasteiger partial charge in [0.2, 0.25) is 0 Å². The summed E-state index contributed by atoms with van der Waals surface area (Å²) < 4.78 is 17.7. The third-order valence-electron chi connectivity index (χ3n) is 3.71. The van der Waals surface area contributed by atoms with Gasteiger partial charge in [-0.25, -0.2) is 9.18 Å². The molecule has 0 saturated carbocycles. The molecule has 2 aromatic rings. The predicted octanol–water partition coefficient (Wildman–Crippen LogP) is 3.35. The zero-order chi connectivity index (χ0) is 18.2. The van der Waals surface area contributed by atoms with Gasteiger partial charge in [-0.15, -0.1) is 0 Å². The van der Waals surface area contributed by atoms with E-state index in [1.807, 2.05) is 31.2 Å². The summed E-state index contributed by atoms with van der Waals surface area (Å²) in [5.41, 5.74) is 2.81. The maximum absolute atomic E-state index is 12.8. The van der Waals surface area contributed by atoms with E-state index in [9.17, 15) is 14.0 Å². The lowest BCUT2D eigenvalue weighted by molar-refractivity contribution is -0.147. The molecule has 0 aliphatic heterocycles. The first kappa shape index (κ1) is 18.4. The summed E-state index contributed by atoms with van der Waals surface area (Å²) in [5, 5.41) is 0. The number of nitrogens with zero attached hydrogens (tertiary/aromatic N) is 1. The molecule has 0 saturated heterocycles. The molecule has 0 unspecified atom stereocenters. The quantitative estimate of drug-likeness (QED) is 0.598. The monoisotopic (exact) mass is 341 g/mol. The number of carbonyl (C=O) groups is 2. The first-order chi connectivity index (χ1) is 12.0. The molecule has 0 aliphatic rings. The highest BCUT2D eigenvalue weighted by Crippen LogP contribution is 2.09. The Morgan fingerprint density at radius 2 is 1.80 bits per heavy atom. The van der Waals surface area contributed by atoms with Crippen LogP contribution >= 0.6 is 0 Å². The molecule has 0 N–H and O–H groups in total. The standard InChI is InChI=1S/C20H20FNO3/c1-15-5-3-4-6-17(15)13-22(2)19(23)14-25-20(24)12-9-16-7-10-18(21)11-8-16/h3-12H,13-14H2,1-2H3/b12-9+. The normalized spacial score (nSPS) is 10.7. The molecule has 0 heterocycles. The van der Waals surface area contributed by atoms with Gasteiger partial charge >= 0.3 is 5.97 Å². The van der Waals surface area contributed by atoms with E-state index in [4.69, 9.17) is 4.74 Å². The minimum absolute atomic E-state index is 0.285. The Bertz CT molecular complexity index is 769. The van der Waals surface area contributed by atoms with E-state index < -0.39 is 5.97 Å². The highest BCUT2D eigenvalue weighted by Gasteiger charge is 2.12. The highest BCUT2D eigenvalue weighted by molar-refractivity contribution is 5.89. The van der Waals surface area contributed by atoms with Gasteiger partial charge in [0.05, 0.1) is 0 Å². The number of hydrogen-bond donors (Lipinski definition) is 0. The van der Waals surface area contributed by atoms with Crippen molar-refractivity contribution in [2.75, 3.05) is 13.7 Å². The molecule has 0 spiro atoms. The zero-order valence-electron chi connectivity index (χ0n) is 14.2. The Morgan fingerprint density at radius 3 is 2.48 bits per heavy atom. The van der Waals surface area contributed by atoms with Crippen LogP contribution in [0.25, 0.3) is 6.08 Å². The van der Waals surface area contributed by atoms with Crippen molar-refractivity contribution in [1.29, 1.82) is 0 Å². The van der Waals surface area contributed by atoms with E-state index in [1.165, 1.54) is 29.2 Å². The summed E-state index contributed by atoms with van der Waals surface area (Å²) in [6.45, 7) is 2.11. The number of aryl methyl sites for hydroxylation is 1. The van der Waals surface area contributed by atoms with Gasteiger partial charge in [-0.1, -0.05) is 36.4 Å². The maximum atomic E-state index is 12.8. The second kappa shape index (κ2) is 8.78. The van der Waals surface area contributed by atoms with Crippen LogP contribution in [0.15, 0.2) is 54.6 Å². The number of esters is 1. The number of amides is 1. The molecule has 4 nitrogen and oxygen atoms in total. The molecule has 1 amide bonds. The summed E-state index contributed by atoms with van der Waals surface area (Å²) in [4.78, 5) is 25.2. The third kappa shape index (κ3) is 5.88. The summed E-state index contributed by atoms with van der Waals surface area (Å²) in [5.74, 6) is -1.25. The fraction of sp³-hybridized carbons (Fsp3) is 0.200. The van der Waals surface area contributed by atoms with E-state index in [0.717, 1.165) is 11.1 Å². The Balaban J connectivity index is 1.81. The van der Waals surface area contributed by atoms with Gasteiger partial charge < -0.3 is 9.64 Å². The van der Waals surface area contributed by atoms with Gasteiger partial charge in [0.15, 0.2) is 6.61 Å². The predicted molar refractivity (Wildman–Crippen MR) is 94.0 cm³/mol. The van der Waals surface area contributed by atoms with Crippen LogP contribution in [0.1, 0.15) is 16.7 Å². The molecular weight excluding hydrogens is 321 g/mol. The minimum Gasteiger partial charge on any atom is -0.452 e.